The zero-order valence-corrected chi connectivity index (χ0v) is 21.0. The Kier molecular flexibility index (Phi) is 14.8. The molecular formula is C21H30BrCl3N2O2. The third-order valence-corrected chi connectivity index (χ3v) is 5.41. The van der Waals surface area contributed by atoms with E-state index in [0.717, 1.165) is 48.3 Å². The highest BCUT2D eigenvalue weighted by Crippen LogP contribution is 2.37. The fourth-order valence-corrected chi connectivity index (χ4v) is 3.58. The third-order valence-electron chi connectivity index (χ3n) is 4.45. The summed E-state index contributed by atoms with van der Waals surface area (Å²) in [5.74, 6) is 1.39. The number of halogens is 4. The first kappa shape index (κ1) is 28.3. The fraction of sp³-hybridized carbons (Fsp3) is 0.429. The van der Waals surface area contributed by atoms with Crippen molar-refractivity contribution >= 4 is 52.3 Å². The molecule has 2 rings (SSSR count). The van der Waals surface area contributed by atoms with Gasteiger partial charge < -0.3 is 19.7 Å². The van der Waals surface area contributed by atoms with Crippen molar-refractivity contribution < 1.29 is 9.47 Å². The van der Waals surface area contributed by atoms with Gasteiger partial charge in [-0.15, -0.1) is 24.8 Å². The number of rotatable bonds is 11. The van der Waals surface area contributed by atoms with Gasteiger partial charge in [-0.25, -0.2) is 0 Å². The largest absolute Gasteiger partial charge is 0.493 e. The van der Waals surface area contributed by atoms with Gasteiger partial charge in [0.2, 0.25) is 0 Å². The number of benzene rings is 2. The number of likely N-dealkylation sites (N-methyl/N-ethyl adjacent to an activating group) is 1. The summed E-state index contributed by atoms with van der Waals surface area (Å²) >= 11 is 9.82. The lowest BCUT2D eigenvalue weighted by atomic mass is 10.2. The summed E-state index contributed by atoms with van der Waals surface area (Å²) < 4.78 is 12.4. The molecule has 0 spiro atoms. The molecule has 0 radical (unpaired) electrons. The molecule has 8 heteroatoms. The van der Waals surface area contributed by atoms with Gasteiger partial charge in [0.05, 0.1) is 11.6 Å². The van der Waals surface area contributed by atoms with Crippen molar-refractivity contribution in [1.29, 1.82) is 0 Å². The first-order valence-corrected chi connectivity index (χ1v) is 10.4. The molecule has 0 aliphatic heterocycles. The van der Waals surface area contributed by atoms with Crippen LogP contribution in [0.4, 0.5) is 0 Å². The van der Waals surface area contributed by atoms with Gasteiger partial charge in [-0.1, -0.05) is 43.6 Å². The van der Waals surface area contributed by atoms with Crippen LogP contribution in [0.25, 0.3) is 0 Å². The highest BCUT2D eigenvalue weighted by atomic mass is 79.9. The predicted molar refractivity (Wildman–Crippen MR) is 130 cm³/mol. The summed E-state index contributed by atoms with van der Waals surface area (Å²) in [4.78, 5) is 2.40. The van der Waals surface area contributed by atoms with Crippen molar-refractivity contribution in [3.63, 3.8) is 0 Å². The summed E-state index contributed by atoms with van der Waals surface area (Å²) in [6.45, 7) is 9.69. The quantitative estimate of drug-likeness (QED) is 0.365. The van der Waals surface area contributed by atoms with Crippen molar-refractivity contribution in [1.82, 2.24) is 10.2 Å². The van der Waals surface area contributed by atoms with Gasteiger partial charge in [0, 0.05) is 30.2 Å². The topological polar surface area (TPSA) is 33.7 Å². The van der Waals surface area contributed by atoms with E-state index in [1.54, 1.807) is 7.11 Å². The zero-order chi connectivity index (χ0) is 19.6. The number of ether oxygens (including phenoxy) is 2. The first-order chi connectivity index (χ1) is 13.1. The van der Waals surface area contributed by atoms with Crippen molar-refractivity contribution in [3.05, 3.63) is 57.0 Å². The molecule has 0 aliphatic carbocycles. The smallest absolute Gasteiger partial charge is 0.175 e. The Bertz CT molecular complexity index is 731. The molecule has 0 saturated carbocycles. The van der Waals surface area contributed by atoms with E-state index in [1.807, 2.05) is 30.3 Å². The highest BCUT2D eigenvalue weighted by Gasteiger charge is 2.13. The zero-order valence-electron chi connectivity index (χ0n) is 17.0. The molecule has 0 aromatic heterocycles. The first-order valence-electron chi connectivity index (χ1n) is 9.24. The summed E-state index contributed by atoms with van der Waals surface area (Å²) in [6.07, 6.45) is 0. The SMILES string of the molecule is CCN(CC)CCNCc1cc(Br)c(OCc2ccccc2Cl)c(OC)c1.Cl.Cl. The van der Waals surface area contributed by atoms with Gasteiger partial charge in [-0.2, -0.15) is 0 Å². The Labute approximate surface area is 200 Å². The minimum atomic E-state index is 0. The van der Waals surface area contributed by atoms with Crippen molar-refractivity contribution in [2.24, 2.45) is 0 Å². The van der Waals surface area contributed by atoms with Crippen molar-refractivity contribution in [2.45, 2.75) is 27.0 Å². The second kappa shape index (κ2) is 15.2. The maximum atomic E-state index is 6.21. The lowest BCUT2D eigenvalue weighted by Gasteiger charge is -2.18. The maximum Gasteiger partial charge on any atom is 0.175 e. The van der Waals surface area contributed by atoms with Crippen LogP contribution in [0.5, 0.6) is 11.5 Å². The highest BCUT2D eigenvalue weighted by molar-refractivity contribution is 9.10. The number of hydrogen-bond acceptors (Lipinski definition) is 4. The van der Waals surface area contributed by atoms with E-state index >= 15 is 0 Å². The standard InChI is InChI=1S/C21H28BrClN2O2.2ClH/c1-4-25(5-2)11-10-24-14-16-12-18(22)21(20(13-16)26-3)27-15-17-8-6-7-9-19(17)23;;/h6-9,12-13,24H,4-5,10-11,14-15H2,1-3H3;2*1H. The van der Waals surface area contributed by atoms with E-state index in [2.05, 4.69) is 46.1 Å². The third kappa shape index (κ3) is 8.91. The molecular weight excluding hydrogens is 499 g/mol. The number of nitrogens with one attached hydrogen (secondary N) is 1. The van der Waals surface area contributed by atoms with Gasteiger partial charge in [-0.3, -0.25) is 0 Å². The molecule has 29 heavy (non-hydrogen) atoms. The number of hydrogen-bond donors (Lipinski definition) is 1. The molecule has 2 aromatic carbocycles. The van der Waals surface area contributed by atoms with E-state index in [1.165, 1.54) is 0 Å². The van der Waals surface area contributed by atoms with Crippen LogP contribution in [-0.4, -0.2) is 38.2 Å². The molecule has 2 aromatic rings. The van der Waals surface area contributed by atoms with Crippen molar-refractivity contribution in [3.8, 4) is 11.5 Å². The van der Waals surface area contributed by atoms with Crippen LogP contribution in [0, 0.1) is 0 Å². The van der Waals surface area contributed by atoms with Crippen LogP contribution in [0.3, 0.4) is 0 Å². The summed E-state index contributed by atoms with van der Waals surface area (Å²) in [5.41, 5.74) is 2.08. The Morgan fingerprint density at radius 2 is 1.79 bits per heavy atom. The van der Waals surface area contributed by atoms with Crippen molar-refractivity contribution in [2.75, 3.05) is 33.3 Å². The molecule has 164 valence electrons. The maximum absolute atomic E-state index is 6.21. The van der Waals surface area contributed by atoms with Gasteiger partial charge >= 0.3 is 0 Å². The lowest BCUT2D eigenvalue weighted by Crippen LogP contribution is -2.31. The van der Waals surface area contributed by atoms with Crippen LogP contribution in [0.2, 0.25) is 5.02 Å². The van der Waals surface area contributed by atoms with Crippen LogP contribution in [-0.2, 0) is 13.2 Å². The molecule has 0 atom stereocenters. The van der Waals surface area contributed by atoms with E-state index in [0.29, 0.717) is 23.1 Å². The van der Waals surface area contributed by atoms with E-state index in [9.17, 15) is 0 Å². The van der Waals surface area contributed by atoms with Crippen LogP contribution in [0.1, 0.15) is 25.0 Å². The minimum absolute atomic E-state index is 0. The second-order valence-corrected chi connectivity index (χ2v) is 7.45. The van der Waals surface area contributed by atoms with Gasteiger partial charge in [0.15, 0.2) is 11.5 Å². The van der Waals surface area contributed by atoms with Gasteiger partial charge in [0.25, 0.3) is 0 Å². The van der Waals surface area contributed by atoms with Crippen LogP contribution < -0.4 is 14.8 Å². The monoisotopic (exact) mass is 526 g/mol. The molecule has 0 fully saturated rings. The van der Waals surface area contributed by atoms with Gasteiger partial charge in [-0.05, 0) is 52.8 Å². The molecule has 0 heterocycles. The van der Waals surface area contributed by atoms with Crippen LogP contribution in [0.15, 0.2) is 40.9 Å². The molecule has 0 amide bonds. The second-order valence-electron chi connectivity index (χ2n) is 6.19. The van der Waals surface area contributed by atoms with E-state index in [4.69, 9.17) is 21.1 Å². The van der Waals surface area contributed by atoms with Gasteiger partial charge in [0.1, 0.15) is 6.61 Å². The molecule has 0 bridgehead atoms. The lowest BCUT2D eigenvalue weighted by molar-refractivity contribution is 0.282. The number of nitrogens with zero attached hydrogens (tertiary/aromatic N) is 1. The van der Waals surface area contributed by atoms with E-state index in [-0.39, 0.29) is 24.8 Å². The Morgan fingerprint density at radius 1 is 1.10 bits per heavy atom. The molecule has 1 N–H and O–H groups in total. The Morgan fingerprint density at radius 3 is 2.41 bits per heavy atom. The fourth-order valence-electron chi connectivity index (χ4n) is 2.79. The van der Waals surface area contributed by atoms with E-state index < -0.39 is 0 Å². The summed E-state index contributed by atoms with van der Waals surface area (Å²) in [6, 6.07) is 11.7. The summed E-state index contributed by atoms with van der Waals surface area (Å²) in [5, 5.41) is 4.18. The summed E-state index contributed by atoms with van der Waals surface area (Å²) in [7, 11) is 1.65. The average molecular weight is 529 g/mol. The number of methoxy groups -OCH3 is 1. The Hall–Kier alpha value is -0.690. The Balaban J connectivity index is 0.00000392. The normalized spacial score (nSPS) is 10.3. The molecule has 4 nitrogen and oxygen atoms in total. The molecule has 0 unspecified atom stereocenters. The average Bonchev–Trinajstić information content (AvgIpc) is 2.68. The molecule has 0 saturated heterocycles. The molecule has 0 aliphatic rings. The predicted octanol–water partition coefficient (Wildman–Crippen LogP) is 5.97. The van der Waals surface area contributed by atoms with Crippen LogP contribution >= 0.6 is 52.3 Å². The minimum Gasteiger partial charge on any atom is -0.493 e.